The van der Waals surface area contributed by atoms with E-state index < -0.39 is 4.92 Å². The van der Waals surface area contributed by atoms with Crippen molar-refractivity contribution >= 4 is 0 Å². The Hall–Kier alpha value is -1.06. The van der Waals surface area contributed by atoms with Crippen LogP contribution < -0.4 is 5.32 Å². The molecule has 0 saturated heterocycles. The lowest BCUT2D eigenvalue weighted by Crippen LogP contribution is -2.08. The lowest BCUT2D eigenvalue weighted by atomic mass is 10.4. The lowest BCUT2D eigenvalue weighted by Gasteiger charge is -1.96. The van der Waals surface area contributed by atoms with Gasteiger partial charge in [-0.2, -0.15) is 0 Å². The van der Waals surface area contributed by atoms with E-state index in [0.29, 0.717) is 5.70 Å². The molecule has 0 aromatic heterocycles. The summed E-state index contributed by atoms with van der Waals surface area (Å²) >= 11 is 0. The van der Waals surface area contributed by atoms with E-state index in [4.69, 9.17) is 0 Å². The first-order valence-corrected chi connectivity index (χ1v) is 2.59. The average Bonchev–Trinajstić information content (AvgIpc) is 1.84. The van der Waals surface area contributed by atoms with Crippen molar-refractivity contribution in [3.8, 4) is 0 Å². The van der Waals surface area contributed by atoms with Gasteiger partial charge in [-0.25, -0.2) is 0 Å². The lowest BCUT2D eigenvalue weighted by molar-refractivity contribution is -0.425. The zero-order valence-corrected chi connectivity index (χ0v) is 5.76. The second-order valence-corrected chi connectivity index (χ2v) is 1.72. The molecule has 0 radical (unpaired) electrons. The Balaban J connectivity index is 4.28. The smallest absolute Gasteiger partial charge is 0.261 e. The highest BCUT2D eigenvalue weighted by molar-refractivity contribution is 4.98. The molecule has 4 heteroatoms. The fraction of sp³-hybridized carbons (Fsp3) is 0.600. The Bertz CT molecular complexity index is 151. The van der Waals surface area contributed by atoms with Crippen LogP contribution in [-0.2, 0) is 0 Å². The van der Waals surface area contributed by atoms with E-state index in [-0.39, 0.29) is 5.70 Å². The summed E-state index contributed by atoms with van der Waals surface area (Å²) in [5.41, 5.74) is 0.762. The first-order valence-electron chi connectivity index (χ1n) is 2.59. The highest BCUT2D eigenvalue weighted by Crippen LogP contribution is 1.97. The quantitative estimate of drug-likeness (QED) is 0.443. The van der Waals surface area contributed by atoms with Crippen LogP contribution in [0.15, 0.2) is 11.4 Å². The number of nitrogens with zero attached hydrogens (tertiary/aromatic N) is 1. The molecule has 0 saturated carbocycles. The van der Waals surface area contributed by atoms with Gasteiger partial charge in [-0.1, -0.05) is 0 Å². The normalized spacial score (nSPS) is 12.3. The molecule has 0 amide bonds. The molecule has 0 spiro atoms. The van der Waals surface area contributed by atoms with Gasteiger partial charge in [-0.05, 0) is 6.92 Å². The molecule has 0 unspecified atom stereocenters. The van der Waals surface area contributed by atoms with Gasteiger partial charge in [-0.3, -0.25) is 10.1 Å². The van der Waals surface area contributed by atoms with Crippen LogP contribution in [0.3, 0.4) is 0 Å². The van der Waals surface area contributed by atoms with Crippen LogP contribution >= 0.6 is 0 Å². The van der Waals surface area contributed by atoms with E-state index in [1.54, 1.807) is 14.0 Å². The average molecular weight is 130 g/mol. The molecule has 0 heterocycles. The summed E-state index contributed by atoms with van der Waals surface area (Å²) in [7, 11) is 1.66. The summed E-state index contributed by atoms with van der Waals surface area (Å²) in [6.45, 7) is 3.13. The van der Waals surface area contributed by atoms with E-state index in [9.17, 15) is 10.1 Å². The fourth-order valence-corrected chi connectivity index (χ4v) is 0.318. The molecule has 0 aliphatic heterocycles. The number of hydrogen-bond donors (Lipinski definition) is 1. The zero-order valence-electron chi connectivity index (χ0n) is 5.76. The van der Waals surface area contributed by atoms with E-state index in [0.717, 1.165) is 0 Å². The summed E-state index contributed by atoms with van der Waals surface area (Å²) in [5, 5.41) is 12.7. The van der Waals surface area contributed by atoms with Crippen molar-refractivity contribution in [2.45, 2.75) is 13.8 Å². The molecule has 0 bridgehead atoms. The largest absolute Gasteiger partial charge is 0.386 e. The molecule has 0 aromatic carbocycles. The number of allylic oxidation sites excluding steroid dienone is 2. The van der Waals surface area contributed by atoms with Crippen molar-refractivity contribution in [2.24, 2.45) is 0 Å². The Morgan fingerprint density at radius 2 is 2.00 bits per heavy atom. The van der Waals surface area contributed by atoms with Gasteiger partial charge in [0.2, 0.25) is 0 Å². The highest BCUT2D eigenvalue weighted by Gasteiger charge is 2.04. The van der Waals surface area contributed by atoms with Gasteiger partial charge >= 0.3 is 0 Å². The second-order valence-electron chi connectivity index (χ2n) is 1.72. The van der Waals surface area contributed by atoms with E-state index in [1.807, 2.05) is 0 Å². The van der Waals surface area contributed by atoms with Crippen molar-refractivity contribution in [1.29, 1.82) is 0 Å². The number of hydrogen-bond acceptors (Lipinski definition) is 3. The van der Waals surface area contributed by atoms with Gasteiger partial charge in [-0.15, -0.1) is 0 Å². The van der Waals surface area contributed by atoms with E-state index in [2.05, 4.69) is 5.32 Å². The predicted octanol–water partition coefficient (Wildman–Crippen LogP) is 0.734. The Labute approximate surface area is 53.7 Å². The topological polar surface area (TPSA) is 55.2 Å². The van der Waals surface area contributed by atoms with Gasteiger partial charge in [0.05, 0.1) is 10.6 Å². The van der Waals surface area contributed by atoms with E-state index in [1.165, 1.54) is 6.92 Å². The molecule has 9 heavy (non-hydrogen) atoms. The fourth-order valence-electron chi connectivity index (χ4n) is 0.318. The summed E-state index contributed by atoms with van der Waals surface area (Å²) in [6, 6.07) is 0. The minimum atomic E-state index is -0.411. The maximum absolute atomic E-state index is 10.0. The first kappa shape index (κ1) is 7.94. The number of rotatable bonds is 2. The van der Waals surface area contributed by atoms with Crippen molar-refractivity contribution in [1.82, 2.24) is 5.32 Å². The van der Waals surface area contributed by atoms with Gasteiger partial charge < -0.3 is 5.32 Å². The molecule has 0 aliphatic carbocycles. The van der Waals surface area contributed by atoms with Gasteiger partial charge in [0, 0.05) is 14.0 Å². The second kappa shape index (κ2) is 3.06. The molecule has 4 nitrogen and oxygen atoms in total. The zero-order chi connectivity index (χ0) is 7.44. The van der Waals surface area contributed by atoms with Crippen LogP contribution in [-0.4, -0.2) is 12.0 Å². The SMILES string of the molecule is CN/C(C)=C(/C)[N+](=O)[O-]. The number of nitro groups is 1. The third-order valence-electron chi connectivity index (χ3n) is 1.19. The molecular weight excluding hydrogens is 120 g/mol. The standard InChI is InChI=1S/C5H10N2O2/c1-4(6-3)5(2)7(8)9/h6H,1-3H3/b5-4-. The monoisotopic (exact) mass is 130 g/mol. The molecule has 0 aromatic rings. The summed E-state index contributed by atoms with van der Waals surface area (Å²) < 4.78 is 0. The predicted molar refractivity (Wildman–Crippen MR) is 34.4 cm³/mol. The third-order valence-corrected chi connectivity index (χ3v) is 1.19. The molecule has 0 fully saturated rings. The van der Waals surface area contributed by atoms with Crippen molar-refractivity contribution in [3.05, 3.63) is 21.5 Å². The third kappa shape index (κ3) is 2.12. The molecule has 0 rings (SSSR count). The minimum Gasteiger partial charge on any atom is -0.386 e. The summed E-state index contributed by atoms with van der Waals surface area (Å²) in [4.78, 5) is 9.60. The van der Waals surface area contributed by atoms with Crippen LogP contribution in [0.2, 0.25) is 0 Å². The van der Waals surface area contributed by atoms with Crippen LogP contribution in [0, 0.1) is 10.1 Å². The van der Waals surface area contributed by atoms with Crippen molar-refractivity contribution in [3.63, 3.8) is 0 Å². The van der Waals surface area contributed by atoms with Gasteiger partial charge in [0.25, 0.3) is 5.70 Å². The maximum atomic E-state index is 10.0. The molecule has 1 N–H and O–H groups in total. The molecule has 0 atom stereocenters. The van der Waals surface area contributed by atoms with Crippen molar-refractivity contribution in [2.75, 3.05) is 7.05 Å². The Kier molecular flexibility index (Phi) is 2.70. The van der Waals surface area contributed by atoms with Crippen LogP contribution in [0.25, 0.3) is 0 Å². The van der Waals surface area contributed by atoms with E-state index >= 15 is 0 Å². The van der Waals surface area contributed by atoms with Gasteiger partial charge in [0.15, 0.2) is 0 Å². The maximum Gasteiger partial charge on any atom is 0.261 e. The van der Waals surface area contributed by atoms with Gasteiger partial charge in [0.1, 0.15) is 0 Å². The molecule has 52 valence electrons. The molecular formula is C5H10N2O2. The first-order chi connectivity index (χ1) is 4.09. The summed E-state index contributed by atoms with van der Waals surface area (Å²) in [6.07, 6.45) is 0. The summed E-state index contributed by atoms with van der Waals surface area (Å²) in [5.74, 6) is 0. The van der Waals surface area contributed by atoms with Crippen molar-refractivity contribution < 1.29 is 4.92 Å². The van der Waals surface area contributed by atoms with Crippen LogP contribution in [0.1, 0.15) is 13.8 Å². The van der Waals surface area contributed by atoms with Crippen LogP contribution in [0.5, 0.6) is 0 Å². The minimum absolute atomic E-state index is 0.164. The highest BCUT2D eigenvalue weighted by atomic mass is 16.6. The van der Waals surface area contributed by atoms with Crippen LogP contribution in [0.4, 0.5) is 0 Å². The number of nitrogens with one attached hydrogen (secondary N) is 1. The molecule has 0 aliphatic rings. The Morgan fingerprint density at radius 1 is 1.56 bits per heavy atom. The Morgan fingerprint density at radius 3 is 2.11 bits per heavy atom.